The molecule has 0 amide bonds. The molecule has 0 aromatic heterocycles. The molecule has 21 heavy (non-hydrogen) atoms. The van der Waals surface area contributed by atoms with E-state index < -0.39 is 0 Å². The summed E-state index contributed by atoms with van der Waals surface area (Å²) >= 11 is 6.04. The third kappa shape index (κ3) is 3.39. The van der Waals surface area contributed by atoms with Crippen LogP contribution >= 0.6 is 11.6 Å². The Morgan fingerprint density at radius 2 is 2.14 bits per heavy atom. The van der Waals surface area contributed by atoms with Crippen LogP contribution in [0.4, 0.5) is 0 Å². The highest BCUT2D eigenvalue weighted by molar-refractivity contribution is 6.30. The monoisotopic (exact) mass is 301 g/mol. The predicted octanol–water partition coefficient (Wildman–Crippen LogP) is 4.30. The quantitative estimate of drug-likeness (QED) is 0.909. The van der Waals surface area contributed by atoms with Gasteiger partial charge in [-0.1, -0.05) is 41.4 Å². The Morgan fingerprint density at radius 1 is 1.29 bits per heavy atom. The molecule has 2 aromatic carbocycles. The van der Waals surface area contributed by atoms with Crippen LogP contribution in [-0.2, 0) is 6.42 Å². The molecule has 2 unspecified atom stereocenters. The van der Waals surface area contributed by atoms with Crippen molar-refractivity contribution < 1.29 is 4.74 Å². The fraction of sp³-hybridized carbons (Fsp3) is 0.333. The van der Waals surface area contributed by atoms with E-state index in [4.69, 9.17) is 16.3 Å². The second-order valence-electron chi connectivity index (χ2n) is 5.74. The lowest BCUT2D eigenvalue weighted by Crippen LogP contribution is -2.31. The zero-order valence-electron chi connectivity index (χ0n) is 12.4. The normalized spacial score (nSPS) is 18.1. The first kappa shape index (κ1) is 14.4. The van der Waals surface area contributed by atoms with E-state index in [0.717, 1.165) is 23.7 Å². The summed E-state index contributed by atoms with van der Waals surface area (Å²) in [5, 5.41) is 4.31. The number of hydrogen-bond acceptors (Lipinski definition) is 2. The van der Waals surface area contributed by atoms with E-state index >= 15 is 0 Å². The maximum absolute atomic E-state index is 6.04. The molecule has 0 spiro atoms. The Kier molecular flexibility index (Phi) is 4.18. The van der Waals surface area contributed by atoms with Gasteiger partial charge in [0.2, 0.25) is 0 Å². The molecule has 0 saturated heterocycles. The van der Waals surface area contributed by atoms with Crippen LogP contribution in [0.3, 0.4) is 0 Å². The number of hydrogen-bond donors (Lipinski definition) is 1. The topological polar surface area (TPSA) is 21.3 Å². The second-order valence-corrected chi connectivity index (χ2v) is 6.18. The summed E-state index contributed by atoms with van der Waals surface area (Å²) in [6.45, 7) is 5.10. The van der Waals surface area contributed by atoms with Crippen LogP contribution in [0.2, 0.25) is 5.02 Å². The van der Waals surface area contributed by atoms with Crippen LogP contribution in [0.25, 0.3) is 0 Å². The lowest BCUT2D eigenvalue weighted by Gasteiger charge is -2.18. The van der Waals surface area contributed by atoms with E-state index in [1.165, 1.54) is 16.7 Å². The van der Waals surface area contributed by atoms with Crippen molar-refractivity contribution in [3.63, 3.8) is 0 Å². The van der Waals surface area contributed by atoms with Gasteiger partial charge in [-0.2, -0.15) is 0 Å². The number of nitrogens with one attached hydrogen (secondary N) is 1. The van der Waals surface area contributed by atoms with Crippen molar-refractivity contribution in [1.82, 2.24) is 5.32 Å². The van der Waals surface area contributed by atoms with Gasteiger partial charge in [0.25, 0.3) is 0 Å². The van der Waals surface area contributed by atoms with Crippen molar-refractivity contribution in [3.05, 3.63) is 64.2 Å². The SMILES string of the molecule is Cc1ccc2c(c1)CC(CNC(C)c1cccc(Cl)c1)O2. The molecule has 0 bridgehead atoms. The molecule has 2 atom stereocenters. The van der Waals surface area contributed by atoms with E-state index in [0.29, 0.717) is 0 Å². The van der Waals surface area contributed by atoms with E-state index in [1.54, 1.807) is 0 Å². The summed E-state index contributed by atoms with van der Waals surface area (Å²) in [6.07, 6.45) is 1.19. The van der Waals surface area contributed by atoms with Gasteiger partial charge in [0.05, 0.1) is 0 Å². The summed E-state index contributed by atoms with van der Waals surface area (Å²) in [5.41, 5.74) is 3.81. The molecule has 1 aliphatic heterocycles. The minimum atomic E-state index is 0.212. The van der Waals surface area contributed by atoms with Crippen LogP contribution in [0, 0.1) is 6.92 Å². The standard InChI is InChI=1S/C18H20ClNO/c1-12-6-7-18-15(8-12)10-17(21-18)11-20-13(2)14-4-3-5-16(19)9-14/h3-9,13,17,20H,10-11H2,1-2H3. The Morgan fingerprint density at radius 3 is 2.95 bits per heavy atom. The van der Waals surface area contributed by atoms with Gasteiger partial charge in [-0.25, -0.2) is 0 Å². The molecule has 0 aliphatic carbocycles. The Bertz CT molecular complexity index is 641. The van der Waals surface area contributed by atoms with Gasteiger partial charge in [0.1, 0.15) is 11.9 Å². The van der Waals surface area contributed by atoms with Crippen LogP contribution in [0.5, 0.6) is 5.75 Å². The van der Waals surface area contributed by atoms with Crippen molar-refractivity contribution in [2.45, 2.75) is 32.4 Å². The first-order chi connectivity index (χ1) is 10.1. The molecule has 2 nitrogen and oxygen atoms in total. The maximum atomic E-state index is 6.04. The Labute approximate surface area is 131 Å². The summed E-state index contributed by atoms with van der Waals surface area (Å²) in [6, 6.07) is 14.6. The summed E-state index contributed by atoms with van der Waals surface area (Å²) in [4.78, 5) is 0. The van der Waals surface area contributed by atoms with Gasteiger partial charge in [-0.15, -0.1) is 0 Å². The summed E-state index contributed by atoms with van der Waals surface area (Å²) in [5.74, 6) is 1.03. The van der Waals surface area contributed by atoms with Crippen molar-refractivity contribution >= 4 is 11.6 Å². The lowest BCUT2D eigenvalue weighted by molar-refractivity contribution is 0.222. The average molecular weight is 302 g/mol. The molecule has 2 aromatic rings. The van der Waals surface area contributed by atoms with Crippen molar-refractivity contribution in [2.24, 2.45) is 0 Å². The molecule has 0 fully saturated rings. The summed E-state index contributed by atoms with van der Waals surface area (Å²) < 4.78 is 5.98. The van der Waals surface area contributed by atoms with Gasteiger partial charge in [0, 0.05) is 24.0 Å². The number of aryl methyl sites for hydroxylation is 1. The zero-order valence-corrected chi connectivity index (χ0v) is 13.2. The minimum Gasteiger partial charge on any atom is -0.488 e. The van der Waals surface area contributed by atoms with Crippen molar-refractivity contribution in [3.8, 4) is 5.75 Å². The Hall–Kier alpha value is -1.51. The molecular formula is C18H20ClNO. The third-order valence-corrected chi connectivity index (χ3v) is 4.19. The fourth-order valence-corrected chi connectivity index (χ4v) is 2.96. The molecule has 3 heteroatoms. The van der Waals surface area contributed by atoms with Crippen LogP contribution < -0.4 is 10.1 Å². The van der Waals surface area contributed by atoms with E-state index in [1.807, 2.05) is 18.2 Å². The minimum absolute atomic E-state index is 0.212. The van der Waals surface area contributed by atoms with E-state index in [9.17, 15) is 0 Å². The highest BCUT2D eigenvalue weighted by Gasteiger charge is 2.23. The van der Waals surface area contributed by atoms with Crippen LogP contribution in [0.1, 0.15) is 29.7 Å². The van der Waals surface area contributed by atoms with Gasteiger partial charge < -0.3 is 10.1 Å². The number of ether oxygens (including phenoxy) is 1. The molecule has 3 rings (SSSR count). The highest BCUT2D eigenvalue weighted by atomic mass is 35.5. The smallest absolute Gasteiger partial charge is 0.123 e. The third-order valence-electron chi connectivity index (χ3n) is 3.96. The number of fused-ring (bicyclic) bond motifs is 1. The van der Waals surface area contributed by atoms with Crippen LogP contribution in [-0.4, -0.2) is 12.6 Å². The number of benzene rings is 2. The number of rotatable bonds is 4. The molecule has 1 N–H and O–H groups in total. The molecule has 110 valence electrons. The van der Waals surface area contributed by atoms with Crippen molar-refractivity contribution in [2.75, 3.05) is 6.54 Å². The van der Waals surface area contributed by atoms with E-state index in [2.05, 4.69) is 43.4 Å². The van der Waals surface area contributed by atoms with Crippen molar-refractivity contribution in [1.29, 1.82) is 0 Å². The summed E-state index contributed by atoms with van der Waals surface area (Å²) in [7, 11) is 0. The van der Waals surface area contributed by atoms with E-state index in [-0.39, 0.29) is 12.1 Å². The first-order valence-corrected chi connectivity index (χ1v) is 7.74. The maximum Gasteiger partial charge on any atom is 0.123 e. The molecule has 0 radical (unpaired) electrons. The zero-order chi connectivity index (χ0) is 14.8. The molecule has 0 saturated carbocycles. The number of halogens is 1. The molecule has 1 heterocycles. The van der Waals surface area contributed by atoms with Gasteiger partial charge in [-0.05, 0) is 43.2 Å². The fourth-order valence-electron chi connectivity index (χ4n) is 2.77. The molecular weight excluding hydrogens is 282 g/mol. The Balaban J connectivity index is 1.57. The lowest BCUT2D eigenvalue weighted by atomic mass is 10.1. The van der Waals surface area contributed by atoms with Gasteiger partial charge in [0.15, 0.2) is 0 Å². The van der Waals surface area contributed by atoms with Gasteiger partial charge in [-0.3, -0.25) is 0 Å². The second kappa shape index (κ2) is 6.08. The average Bonchev–Trinajstić information content (AvgIpc) is 2.86. The largest absolute Gasteiger partial charge is 0.488 e. The van der Waals surface area contributed by atoms with Crippen LogP contribution in [0.15, 0.2) is 42.5 Å². The van der Waals surface area contributed by atoms with Gasteiger partial charge >= 0.3 is 0 Å². The predicted molar refractivity (Wildman–Crippen MR) is 87.2 cm³/mol. The highest BCUT2D eigenvalue weighted by Crippen LogP contribution is 2.29. The first-order valence-electron chi connectivity index (χ1n) is 7.37. The molecule has 1 aliphatic rings.